The highest BCUT2D eigenvalue weighted by molar-refractivity contribution is 6.10. The maximum Gasteiger partial charge on any atom is 0.325 e. The third-order valence-electron chi connectivity index (χ3n) is 5.09. The fraction of sp³-hybridized carbons (Fsp3) is 0.526. The Hall–Kier alpha value is -2.37. The summed E-state index contributed by atoms with van der Waals surface area (Å²) in [5.41, 5.74) is -0.0591. The number of benzene rings is 1. The van der Waals surface area contributed by atoms with E-state index in [-0.39, 0.29) is 24.3 Å². The summed E-state index contributed by atoms with van der Waals surface area (Å²) >= 11 is 0. The number of carbonyl (C=O) groups is 3. The molecule has 1 aromatic rings. The minimum Gasteiger partial charge on any atom is -0.323 e. The molecule has 25 heavy (non-hydrogen) atoms. The molecule has 1 aromatic carbocycles. The Morgan fingerprint density at radius 1 is 1.28 bits per heavy atom. The fourth-order valence-corrected chi connectivity index (χ4v) is 3.34. The second kappa shape index (κ2) is 6.86. The number of carbonyl (C=O) groups excluding carboxylic acids is 3. The summed E-state index contributed by atoms with van der Waals surface area (Å²) in [6, 6.07) is 8.92. The van der Waals surface area contributed by atoms with Gasteiger partial charge in [-0.2, -0.15) is 0 Å². The molecule has 134 valence electrons. The number of hydrogen-bond donors (Lipinski definition) is 1. The Morgan fingerprint density at radius 2 is 1.96 bits per heavy atom. The molecule has 1 saturated carbocycles. The number of urea groups is 1. The minimum atomic E-state index is -0.849. The Morgan fingerprint density at radius 3 is 2.56 bits per heavy atom. The highest BCUT2D eigenvalue weighted by Crippen LogP contribution is 2.42. The zero-order valence-corrected chi connectivity index (χ0v) is 14.8. The predicted molar refractivity (Wildman–Crippen MR) is 95.1 cm³/mol. The first-order chi connectivity index (χ1) is 12.0. The van der Waals surface area contributed by atoms with Gasteiger partial charge in [0, 0.05) is 12.2 Å². The van der Waals surface area contributed by atoms with E-state index in [1.54, 1.807) is 11.8 Å². The lowest BCUT2D eigenvalue weighted by Gasteiger charge is -2.25. The van der Waals surface area contributed by atoms with Crippen molar-refractivity contribution in [2.45, 2.75) is 45.1 Å². The van der Waals surface area contributed by atoms with E-state index in [9.17, 15) is 14.4 Å². The third-order valence-corrected chi connectivity index (χ3v) is 5.09. The molecule has 1 N–H and O–H groups in total. The number of nitrogens with one attached hydrogen (secondary N) is 1. The van der Waals surface area contributed by atoms with Crippen LogP contribution >= 0.6 is 0 Å². The lowest BCUT2D eigenvalue weighted by atomic mass is 9.96. The summed E-state index contributed by atoms with van der Waals surface area (Å²) in [7, 11) is 0. The van der Waals surface area contributed by atoms with Crippen LogP contribution in [0.4, 0.5) is 10.5 Å². The molecule has 1 aliphatic heterocycles. The highest BCUT2D eigenvalue weighted by Gasteiger charge is 2.56. The van der Waals surface area contributed by atoms with Crippen molar-refractivity contribution in [2.75, 3.05) is 18.0 Å². The first-order valence-electron chi connectivity index (χ1n) is 8.97. The molecule has 1 atom stereocenters. The van der Waals surface area contributed by atoms with Crippen LogP contribution in [0.2, 0.25) is 0 Å². The monoisotopic (exact) mass is 343 g/mol. The standard InChI is InChI=1S/C19H25N3O3/c1-3-4-12-21(15-8-6-5-7-9-15)16(23)13-22-17(24)19(2,14-10-11-14)20-18(22)25/h5-9,14H,3-4,10-13H2,1-2H3,(H,20,25). The average molecular weight is 343 g/mol. The quantitative estimate of drug-likeness (QED) is 0.774. The first-order valence-corrected chi connectivity index (χ1v) is 8.97. The Labute approximate surface area is 148 Å². The van der Waals surface area contributed by atoms with E-state index in [2.05, 4.69) is 12.2 Å². The molecule has 0 bridgehead atoms. The van der Waals surface area contributed by atoms with Gasteiger partial charge >= 0.3 is 6.03 Å². The van der Waals surface area contributed by atoms with E-state index in [1.165, 1.54) is 0 Å². The van der Waals surface area contributed by atoms with Crippen LogP contribution in [0.25, 0.3) is 0 Å². The normalized spacial score (nSPS) is 22.9. The van der Waals surface area contributed by atoms with Crippen LogP contribution in [0.1, 0.15) is 39.5 Å². The molecule has 0 aromatic heterocycles. The smallest absolute Gasteiger partial charge is 0.323 e. The lowest BCUT2D eigenvalue weighted by molar-refractivity contribution is -0.134. The summed E-state index contributed by atoms with van der Waals surface area (Å²) < 4.78 is 0. The van der Waals surface area contributed by atoms with E-state index in [0.29, 0.717) is 6.54 Å². The van der Waals surface area contributed by atoms with Gasteiger partial charge in [-0.05, 0) is 44.2 Å². The van der Waals surface area contributed by atoms with Crippen molar-refractivity contribution in [1.29, 1.82) is 0 Å². The Bertz CT molecular complexity index is 672. The van der Waals surface area contributed by atoms with Crippen molar-refractivity contribution < 1.29 is 14.4 Å². The van der Waals surface area contributed by atoms with Gasteiger partial charge in [-0.1, -0.05) is 31.5 Å². The lowest BCUT2D eigenvalue weighted by Crippen LogP contribution is -2.47. The van der Waals surface area contributed by atoms with E-state index < -0.39 is 11.6 Å². The molecule has 6 heteroatoms. The van der Waals surface area contributed by atoms with Gasteiger partial charge in [0.15, 0.2) is 0 Å². The van der Waals surface area contributed by atoms with Crippen LogP contribution in [0.5, 0.6) is 0 Å². The second-order valence-electron chi connectivity index (χ2n) is 7.03. The number of imide groups is 1. The molecule has 1 saturated heterocycles. The number of para-hydroxylation sites is 1. The highest BCUT2D eigenvalue weighted by atomic mass is 16.2. The number of rotatable bonds is 7. The maximum atomic E-state index is 12.8. The Balaban J connectivity index is 1.74. The van der Waals surface area contributed by atoms with Crippen LogP contribution in [0.3, 0.4) is 0 Å². The molecule has 1 aliphatic carbocycles. The van der Waals surface area contributed by atoms with Gasteiger partial charge in [-0.15, -0.1) is 0 Å². The molecule has 0 spiro atoms. The number of nitrogens with zero attached hydrogens (tertiary/aromatic N) is 2. The Kier molecular flexibility index (Phi) is 4.79. The summed E-state index contributed by atoms with van der Waals surface area (Å²) in [6.45, 7) is 4.18. The molecule has 1 unspecified atom stereocenters. The molecule has 1 heterocycles. The SMILES string of the molecule is CCCCN(C(=O)CN1C(=O)NC(C)(C2CC2)C1=O)c1ccccc1. The van der Waals surface area contributed by atoms with Crippen molar-refractivity contribution in [3.63, 3.8) is 0 Å². The van der Waals surface area contributed by atoms with Crippen LogP contribution < -0.4 is 10.2 Å². The molecular formula is C19H25N3O3. The minimum absolute atomic E-state index is 0.189. The van der Waals surface area contributed by atoms with Crippen molar-refractivity contribution in [3.05, 3.63) is 30.3 Å². The molecule has 4 amide bonds. The maximum absolute atomic E-state index is 12.8. The number of unbranched alkanes of at least 4 members (excludes halogenated alkanes) is 1. The largest absolute Gasteiger partial charge is 0.325 e. The van der Waals surface area contributed by atoms with Crippen LogP contribution in [0.15, 0.2) is 30.3 Å². The van der Waals surface area contributed by atoms with Crippen molar-refractivity contribution in [1.82, 2.24) is 10.2 Å². The predicted octanol–water partition coefficient (Wildman–Crippen LogP) is 2.54. The van der Waals surface area contributed by atoms with Gasteiger partial charge in [-0.25, -0.2) is 4.79 Å². The molecule has 0 radical (unpaired) electrons. The molecular weight excluding hydrogens is 318 g/mol. The fourth-order valence-electron chi connectivity index (χ4n) is 3.34. The van der Waals surface area contributed by atoms with Crippen LogP contribution in [-0.4, -0.2) is 41.4 Å². The van der Waals surface area contributed by atoms with Crippen LogP contribution in [0, 0.1) is 5.92 Å². The summed E-state index contributed by atoms with van der Waals surface area (Å²) in [5.74, 6) is -0.325. The van der Waals surface area contributed by atoms with Crippen LogP contribution in [-0.2, 0) is 9.59 Å². The zero-order valence-electron chi connectivity index (χ0n) is 14.8. The van der Waals surface area contributed by atoms with Crippen molar-refractivity contribution in [2.24, 2.45) is 5.92 Å². The zero-order chi connectivity index (χ0) is 18.0. The van der Waals surface area contributed by atoms with E-state index in [4.69, 9.17) is 0 Å². The molecule has 3 rings (SSSR count). The van der Waals surface area contributed by atoms with Gasteiger partial charge < -0.3 is 10.2 Å². The van der Waals surface area contributed by atoms with E-state index in [0.717, 1.165) is 36.3 Å². The van der Waals surface area contributed by atoms with Gasteiger partial charge in [0.05, 0.1) is 0 Å². The van der Waals surface area contributed by atoms with Crippen molar-refractivity contribution >= 4 is 23.5 Å². The van der Waals surface area contributed by atoms with E-state index in [1.807, 2.05) is 30.3 Å². The summed E-state index contributed by atoms with van der Waals surface area (Å²) in [4.78, 5) is 40.5. The van der Waals surface area contributed by atoms with E-state index >= 15 is 0 Å². The summed E-state index contributed by atoms with van der Waals surface area (Å²) in [6.07, 6.45) is 3.70. The number of hydrogen-bond acceptors (Lipinski definition) is 3. The van der Waals surface area contributed by atoms with Gasteiger partial charge in [0.25, 0.3) is 5.91 Å². The van der Waals surface area contributed by atoms with Gasteiger partial charge in [-0.3, -0.25) is 14.5 Å². The van der Waals surface area contributed by atoms with Gasteiger partial charge in [0.1, 0.15) is 12.1 Å². The van der Waals surface area contributed by atoms with Crippen molar-refractivity contribution in [3.8, 4) is 0 Å². The topological polar surface area (TPSA) is 69.7 Å². The molecule has 2 fully saturated rings. The molecule has 2 aliphatic rings. The first kappa shape index (κ1) is 17.5. The number of anilines is 1. The summed E-state index contributed by atoms with van der Waals surface area (Å²) in [5, 5.41) is 2.79. The molecule has 6 nitrogen and oxygen atoms in total. The number of amides is 4. The average Bonchev–Trinajstić information content (AvgIpc) is 3.42. The third kappa shape index (κ3) is 3.38. The van der Waals surface area contributed by atoms with Gasteiger partial charge in [0.2, 0.25) is 5.91 Å². The second-order valence-corrected chi connectivity index (χ2v) is 7.03.